The maximum Gasteiger partial charge on any atom is 0.305 e. The topological polar surface area (TPSA) is 112 Å². The summed E-state index contributed by atoms with van der Waals surface area (Å²) in [6, 6.07) is 0. The summed E-state index contributed by atoms with van der Waals surface area (Å²) in [6.45, 7) is 3.28. The molecule has 0 unspecified atom stereocenters. The summed E-state index contributed by atoms with van der Waals surface area (Å²) in [4.78, 5) is 23.9. The highest BCUT2D eigenvalue weighted by atomic mass is 16.7. The van der Waals surface area contributed by atoms with Crippen molar-refractivity contribution in [2.45, 2.75) is 173 Å². The molecule has 0 aromatic rings. The number of esters is 2. The maximum absolute atomic E-state index is 12.2. The molecule has 2 bridgehead atoms. The molecule has 222 valence electrons. The first-order valence-corrected chi connectivity index (χ1v) is 15.4. The fourth-order valence-electron chi connectivity index (χ4n) is 5.41. The summed E-state index contributed by atoms with van der Waals surface area (Å²) in [6.07, 6.45) is 14.6. The molecule has 2 aliphatic rings. The van der Waals surface area contributed by atoms with Gasteiger partial charge in [-0.15, -0.1) is 0 Å². The SMILES string of the molecule is CCCCCCCCCCC[C@@H]1CCCCCCCCCC(=O)OC[C@H]2O[C@@H](O1)[C@H](O)[C@@H](OC(C)=O)[C@@H]2O. The average molecular weight is 543 g/mol. The van der Waals surface area contributed by atoms with Gasteiger partial charge in [0.25, 0.3) is 0 Å². The second kappa shape index (κ2) is 19.8. The van der Waals surface area contributed by atoms with Crippen LogP contribution in [0.4, 0.5) is 0 Å². The van der Waals surface area contributed by atoms with Gasteiger partial charge in [-0.25, -0.2) is 0 Å². The first-order valence-electron chi connectivity index (χ1n) is 15.4. The van der Waals surface area contributed by atoms with Crippen LogP contribution in [-0.2, 0) is 28.5 Å². The molecule has 38 heavy (non-hydrogen) atoms. The number of carbonyl (C=O) groups excluding carboxylic acids is 2. The van der Waals surface area contributed by atoms with Crippen LogP contribution in [0.1, 0.15) is 136 Å². The third-order valence-electron chi connectivity index (χ3n) is 7.72. The van der Waals surface area contributed by atoms with E-state index in [1.165, 1.54) is 51.9 Å². The molecule has 8 heteroatoms. The van der Waals surface area contributed by atoms with E-state index in [2.05, 4.69) is 6.92 Å². The van der Waals surface area contributed by atoms with Crippen LogP contribution in [0.2, 0.25) is 0 Å². The number of hydrogen-bond acceptors (Lipinski definition) is 8. The fourth-order valence-corrected chi connectivity index (χ4v) is 5.41. The molecular weight excluding hydrogens is 488 g/mol. The van der Waals surface area contributed by atoms with Gasteiger partial charge in [0.1, 0.15) is 24.9 Å². The van der Waals surface area contributed by atoms with Crippen LogP contribution in [0, 0.1) is 0 Å². The van der Waals surface area contributed by atoms with E-state index in [1.807, 2.05) is 0 Å². The molecule has 2 fully saturated rings. The van der Waals surface area contributed by atoms with Gasteiger partial charge < -0.3 is 29.2 Å². The highest BCUT2D eigenvalue weighted by molar-refractivity contribution is 5.69. The Bertz CT molecular complexity index is 642. The molecule has 0 saturated carbocycles. The number of aliphatic hydroxyl groups is 2. The van der Waals surface area contributed by atoms with Crippen molar-refractivity contribution in [2.24, 2.45) is 0 Å². The highest BCUT2D eigenvalue weighted by Gasteiger charge is 2.48. The first kappa shape index (κ1) is 33.0. The second-order valence-electron chi connectivity index (χ2n) is 11.2. The largest absolute Gasteiger partial charge is 0.463 e. The van der Waals surface area contributed by atoms with Crippen LogP contribution < -0.4 is 0 Å². The molecule has 0 aromatic carbocycles. The Hall–Kier alpha value is -1.22. The third kappa shape index (κ3) is 13.2. The van der Waals surface area contributed by atoms with Crippen molar-refractivity contribution in [1.29, 1.82) is 0 Å². The Labute approximate surface area is 230 Å². The van der Waals surface area contributed by atoms with Crippen molar-refractivity contribution in [3.8, 4) is 0 Å². The zero-order valence-corrected chi connectivity index (χ0v) is 24.0. The van der Waals surface area contributed by atoms with Crippen molar-refractivity contribution < 1.29 is 38.7 Å². The second-order valence-corrected chi connectivity index (χ2v) is 11.2. The average Bonchev–Trinajstić information content (AvgIpc) is 2.89. The number of rotatable bonds is 11. The molecule has 2 N–H and O–H groups in total. The molecule has 6 atom stereocenters. The highest BCUT2D eigenvalue weighted by Crippen LogP contribution is 2.28. The minimum absolute atomic E-state index is 0.105. The quantitative estimate of drug-likeness (QED) is 0.251. The van der Waals surface area contributed by atoms with Gasteiger partial charge in [-0.05, 0) is 19.3 Å². The van der Waals surface area contributed by atoms with Crippen LogP contribution in [0.3, 0.4) is 0 Å². The molecular formula is C30H54O8. The van der Waals surface area contributed by atoms with Crippen LogP contribution in [0.25, 0.3) is 0 Å². The molecule has 2 aliphatic heterocycles. The summed E-state index contributed by atoms with van der Waals surface area (Å²) >= 11 is 0. The molecule has 8 nitrogen and oxygen atoms in total. The molecule has 2 heterocycles. The summed E-state index contributed by atoms with van der Waals surface area (Å²) in [5, 5.41) is 21.7. The lowest BCUT2D eigenvalue weighted by Crippen LogP contribution is -2.61. The lowest BCUT2D eigenvalue weighted by Gasteiger charge is -2.42. The Balaban J connectivity index is 1.99. The monoisotopic (exact) mass is 542 g/mol. The van der Waals surface area contributed by atoms with E-state index < -0.39 is 36.7 Å². The molecule has 0 radical (unpaired) electrons. The molecule has 0 aromatic heterocycles. The van der Waals surface area contributed by atoms with E-state index in [4.69, 9.17) is 18.9 Å². The first-order chi connectivity index (χ1) is 18.4. The molecule has 0 amide bonds. The van der Waals surface area contributed by atoms with Crippen molar-refractivity contribution in [1.82, 2.24) is 0 Å². The fraction of sp³-hybridized carbons (Fsp3) is 0.933. The van der Waals surface area contributed by atoms with Gasteiger partial charge in [-0.1, -0.05) is 103 Å². The number of ether oxygens (including phenoxy) is 4. The summed E-state index contributed by atoms with van der Waals surface area (Å²) in [5.74, 6) is -0.963. The Morgan fingerprint density at radius 3 is 2.11 bits per heavy atom. The van der Waals surface area contributed by atoms with Crippen molar-refractivity contribution in [2.75, 3.05) is 6.61 Å². The molecule has 0 spiro atoms. The van der Waals surface area contributed by atoms with Crippen LogP contribution in [0.5, 0.6) is 0 Å². The Kier molecular flexibility index (Phi) is 17.2. The Morgan fingerprint density at radius 2 is 1.45 bits per heavy atom. The van der Waals surface area contributed by atoms with Crippen LogP contribution >= 0.6 is 0 Å². The summed E-state index contributed by atoms with van der Waals surface area (Å²) < 4.78 is 22.9. The number of hydrogen-bond donors (Lipinski definition) is 2. The summed E-state index contributed by atoms with van der Waals surface area (Å²) in [7, 11) is 0. The van der Waals surface area contributed by atoms with Crippen LogP contribution in [-0.4, -0.2) is 65.6 Å². The third-order valence-corrected chi connectivity index (χ3v) is 7.72. The summed E-state index contributed by atoms with van der Waals surface area (Å²) in [5.41, 5.74) is 0. The van der Waals surface area contributed by atoms with E-state index in [0.29, 0.717) is 6.42 Å². The minimum atomic E-state index is -1.34. The van der Waals surface area contributed by atoms with Crippen molar-refractivity contribution >= 4 is 11.9 Å². The van der Waals surface area contributed by atoms with Crippen molar-refractivity contribution in [3.05, 3.63) is 0 Å². The number of fused-ring (bicyclic) bond motifs is 2. The lowest BCUT2D eigenvalue weighted by molar-refractivity contribution is -0.314. The molecule has 0 aliphatic carbocycles. The standard InChI is InChI=1S/C30H54O8/c1-3-4-5-6-7-8-10-13-16-19-24-20-17-14-11-9-12-15-18-21-26(32)35-22-25-27(33)29(36-23(2)31)28(34)30(37-24)38-25/h24-25,27-30,33-34H,3-22H2,1-2H3/t24-,25-,27-,28-,29+,30-/m1/s1. The van der Waals surface area contributed by atoms with E-state index in [-0.39, 0.29) is 18.7 Å². The van der Waals surface area contributed by atoms with Gasteiger partial charge in [0.05, 0.1) is 6.10 Å². The van der Waals surface area contributed by atoms with Gasteiger partial charge in [0.2, 0.25) is 0 Å². The maximum atomic E-state index is 12.2. The van der Waals surface area contributed by atoms with E-state index in [1.54, 1.807) is 0 Å². The van der Waals surface area contributed by atoms with Gasteiger partial charge in [-0.3, -0.25) is 9.59 Å². The van der Waals surface area contributed by atoms with Gasteiger partial charge in [0, 0.05) is 13.3 Å². The number of aliphatic hydroxyl groups excluding tert-OH is 2. The van der Waals surface area contributed by atoms with Gasteiger partial charge in [0.15, 0.2) is 12.4 Å². The molecule has 2 saturated heterocycles. The van der Waals surface area contributed by atoms with Crippen LogP contribution in [0.15, 0.2) is 0 Å². The predicted octanol–water partition coefficient (Wildman–Crippen LogP) is 5.74. The molecule has 2 rings (SSSR count). The zero-order valence-electron chi connectivity index (χ0n) is 24.0. The van der Waals surface area contributed by atoms with Gasteiger partial charge >= 0.3 is 11.9 Å². The van der Waals surface area contributed by atoms with Crippen molar-refractivity contribution in [3.63, 3.8) is 0 Å². The number of cyclic esters (lactones) is 1. The zero-order chi connectivity index (χ0) is 27.6. The number of unbranched alkanes of at least 4 members (excludes halogenated alkanes) is 8. The van der Waals surface area contributed by atoms with E-state index in [9.17, 15) is 19.8 Å². The lowest BCUT2D eigenvalue weighted by atomic mass is 9.98. The van der Waals surface area contributed by atoms with E-state index in [0.717, 1.165) is 70.6 Å². The minimum Gasteiger partial charge on any atom is -0.463 e. The van der Waals surface area contributed by atoms with Gasteiger partial charge in [-0.2, -0.15) is 0 Å². The predicted molar refractivity (Wildman–Crippen MR) is 145 cm³/mol. The smallest absolute Gasteiger partial charge is 0.305 e. The van der Waals surface area contributed by atoms with E-state index >= 15 is 0 Å². The number of carbonyl (C=O) groups is 2. The normalized spacial score (nSPS) is 30.3. The Morgan fingerprint density at radius 1 is 0.842 bits per heavy atom.